The largest absolute Gasteiger partial charge is 0.396 e. The molecule has 7 heteroatoms. The molecular formula is C13H19N3O4. The van der Waals surface area contributed by atoms with Gasteiger partial charge in [0.1, 0.15) is 0 Å². The van der Waals surface area contributed by atoms with Crippen LogP contribution in [0.25, 0.3) is 0 Å². The van der Waals surface area contributed by atoms with Crippen molar-refractivity contribution in [2.24, 2.45) is 0 Å². The number of rotatable bonds is 6. The molecule has 1 aromatic rings. The Labute approximate surface area is 117 Å². The number of aliphatic hydroxyl groups is 1. The molecule has 2 amide bonds. The molecule has 0 spiro atoms. The Balaban J connectivity index is 2.69. The van der Waals surface area contributed by atoms with Crippen LogP contribution >= 0.6 is 0 Å². The molecule has 0 unspecified atom stereocenters. The maximum absolute atomic E-state index is 12.1. The van der Waals surface area contributed by atoms with Gasteiger partial charge in [-0.1, -0.05) is 0 Å². The van der Waals surface area contributed by atoms with E-state index in [1.165, 1.54) is 24.3 Å². The average Bonchev–Trinajstić information content (AvgIpc) is 2.39. The molecule has 1 rings (SSSR count). The molecule has 0 aliphatic carbocycles. The number of amides is 2. The van der Waals surface area contributed by atoms with Crippen molar-refractivity contribution < 1.29 is 14.8 Å². The molecule has 2 N–H and O–H groups in total. The summed E-state index contributed by atoms with van der Waals surface area (Å²) in [7, 11) is 0. The van der Waals surface area contributed by atoms with E-state index in [-0.39, 0.29) is 24.4 Å². The van der Waals surface area contributed by atoms with Gasteiger partial charge >= 0.3 is 6.03 Å². The number of nitrogens with one attached hydrogen (secondary N) is 1. The molecule has 0 aromatic heterocycles. The SMILES string of the molecule is CC(C)N(CCCO)C(=O)Nc1ccc([N+](=O)[O-])cc1. The minimum absolute atomic E-state index is 0.000372. The third kappa shape index (κ3) is 4.51. The summed E-state index contributed by atoms with van der Waals surface area (Å²) >= 11 is 0. The minimum atomic E-state index is -0.493. The Bertz CT molecular complexity index is 459. The molecule has 0 saturated carbocycles. The summed E-state index contributed by atoms with van der Waals surface area (Å²) in [5.74, 6) is 0. The second kappa shape index (κ2) is 7.44. The van der Waals surface area contributed by atoms with Crippen molar-refractivity contribution in [3.8, 4) is 0 Å². The highest BCUT2D eigenvalue weighted by Gasteiger charge is 2.16. The Hall–Kier alpha value is -2.15. The van der Waals surface area contributed by atoms with Gasteiger partial charge in [-0.15, -0.1) is 0 Å². The van der Waals surface area contributed by atoms with Gasteiger partial charge in [-0.2, -0.15) is 0 Å². The summed E-state index contributed by atoms with van der Waals surface area (Å²) in [4.78, 5) is 23.7. The van der Waals surface area contributed by atoms with Crippen molar-refractivity contribution in [2.75, 3.05) is 18.5 Å². The smallest absolute Gasteiger partial charge is 0.322 e. The van der Waals surface area contributed by atoms with Gasteiger partial charge in [-0.25, -0.2) is 4.79 Å². The molecule has 20 heavy (non-hydrogen) atoms. The number of anilines is 1. The molecule has 0 atom stereocenters. The average molecular weight is 281 g/mol. The maximum Gasteiger partial charge on any atom is 0.322 e. The van der Waals surface area contributed by atoms with Crippen molar-refractivity contribution in [3.63, 3.8) is 0 Å². The van der Waals surface area contributed by atoms with E-state index in [4.69, 9.17) is 5.11 Å². The number of hydrogen-bond acceptors (Lipinski definition) is 4. The van der Waals surface area contributed by atoms with E-state index >= 15 is 0 Å². The van der Waals surface area contributed by atoms with Crippen LogP contribution in [-0.2, 0) is 0 Å². The highest BCUT2D eigenvalue weighted by molar-refractivity contribution is 5.89. The van der Waals surface area contributed by atoms with Gasteiger partial charge in [-0.3, -0.25) is 10.1 Å². The Morgan fingerprint density at radius 3 is 2.45 bits per heavy atom. The molecule has 1 aromatic carbocycles. The maximum atomic E-state index is 12.1. The summed E-state index contributed by atoms with van der Waals surface area (Å²) in [6, 6.07) is 5.36. The summed E-state index contributed by atoms with van der Waals surface area (Å²) in [6.45, 7) is 4.24. The number of carbonyl (C=O) groups excluding carboxylic acids is 1. The fraction of sp³-hybridized carbons (Fsp3) is 0.462. The monoisotopic (exact) mass is 281 g/mol. The molecule has 0 bridgehead atoms. The van der Waals surface area contributed by atoms with E-state index in [0.717, 1.165) is 0 Å². The number of benzene rings is 1. The van der Waals surface area contributed by atoms with E-state index in [2.05, 4.69) is 5.32 Å². The normalized spacial score (nSPS) is 10.4. The fourth-order valence-corrected chi connectivity index (χ4v) is 1.70. The molecule has 0 saturated heterocycles. The van der Waals surface area contributed by atoms with Crippen molar-refractivity contribution in [3.05, 3.63) is 34.4 Å². The Morgan fingerprint density at radius 2 is 2.00 bits per heavy atom. The van der Waals surface area contributed by atoms with Crippen LogP contribution < -0.4 is 5.32 Å². The van der Waals surface area contributed by atoms with Gasteiger partial charge < -0.3 is 15.3 Å². The minimum Gasteiger partial charge on any atom is -0.396 e. The summed E-state index contributed by atoms with van der Waals surface area (Å²) in [6.07, 6.45) is 0.506. The molecule has 7 nitrogen and oxygen atoms in total. The first kappa shape index (κ1) is 15.9. The number of nitrogens with zero attached hydrogens (tertiary/aromatic N) is 2. The van der Waals surface area contributed by atoms with E-state index in [1.807, 2.05) is 13.8 Å². The Kier molecular flexibility index (Phi) is 5.92. The fourth-order valence-electron chi connectivity index (χ4n) is 1.70. The number of carbonyl (C=O) groups is 1. The van der Waals surface area contributed by atoms with E-state index in [1.54, 1.807) is 4.90 Å². The summed E-state index contributed by atoms with van der Waals surface area (Å²) < 4.78 is 0. The molecule has 0 radical (unpaired) electrons. The van der Waals surface area contributed by atoms with Crippen LogP contribution in [0.3, 0.4) is 0 Å². The van der Waals surface area contributed by atoms with Gasteiger partial charge in [0.2, 0.25) is 0 Å². The van der Waals surface area contributed by atoms with Crippen LogP contribution in [0.5, 0.6) is 0 Å². The number of hydrogen-bond donors (Lipinski definition) is 2. The molecule has 110 valence electrons. The zero-order valence-corrected chi connectivity index (χ0v) is 11.6. The summed E-state index contributed by atoms with van der Waals surface area (Å²) in [5, 5.41) is 22.0. The predicted octanol–water partition coefficient (Wildman–Crippen LogP) is 2.22. The van der Waals surface area contributed by atoms with Crippen LogP contribution in [0, 0.1) is 10.1 Å². The van der Waals surface area contributed by atoms with Crippen molar-refractivity contribution in [1.29, 1.82) is 0 Å². The Morgan fingerprint density at radius 1 is 1.40 bits per heavy atom. The first-order valence-electron chi connectivity index (χ1n) is 6.38. The topological polar surface area (TPSA) is 95.7 Å². The second-order valence-corrected chi connectivity index (χ2v) is 4.60. The number of non-ortho nitro benzene ring substituents is 1. The van der Waals surface area contributed by atoms with Crippen LogP contribution in [0.15, 0.2) is 24.3 Å². The molecule has 0 aliphatic rings. The number of aliphatic hydroxyl groups excluding tert-OH is 1. The highest BCUT2D eigenvalue weighted by Crippen LogP contribution is 2.16. The van der Waals surface area contributed by atoms with Gasteiger partial charge in [0.05, 0.1) is 4.92 Å². The lowest BCUT2D eigenvalue weighted by atomic mass is 10.2. The quantitative estimate of drug-likeness (QED) is 0.617. The van der Waals surface area contributed by atoms with Crippen molar-refractivity contribution in [2.45, 2.75) is 26.3 Å². The zero-order valence-electron chi connectivity index (χ0n) is 11.6. The zero-order chi connectivity index (χ0) is 15.1. The van der Waals surface area contributed by atoms with Gasteiger partial charge in [0.25, 0.3) is 5.69 Å². The molecule has 0 aliphatic heterocycles. The third-order valence-corrected chi connectivity index (χ3v) is 2.77. The predicted molar refractivity (Wildman–Crippen MR) is 75.7 cm³/mol. The summed E-state index contributed by atoms with van der Waals surface area (Å²) in [5.41, 5.74) is 0.472. The van der Waals surface area contributed by atoms with Gasteiger partial charge in [-0.05, 0) is 32.4 Å². The van der Waals surface area contributed by atoms with Crippen molar-refractivity contribution >= 4 is 17.4 Å². The first-order valence-corrected chi connectivity index (χ1v) is 6.38. The van der Waals surface area contributed by atoms with Crippen LogP contribution in [0.4, 0.5) is 16.2 Å². The molecule has 0 fully saturated rings. The van der Waals surface area contributed by atoms with Crippen LogP contribution in [-0.4, -0.2) is 40.2 Å². The van der Waals surface area contributed by atoms with E-state index in [9.17, 15) is 14.9 Å². The number of urea groups is 1. The number of nitro groups is 1. The van der Waals surface area contributed by atoms with Crippen LogP contribution in [0.2, 0.25) is 0 Å². The van der Waals surface area contributed by atoms with Gasteiger partial charge in [0.15, 0.2) is 0 Å². The molecule has 0 heterocycles. The van der Waals surface area contributed by atoms with E-state index in [0.29, 0.717) is 18.7 Å². The van der Waals surface area contributed by atoms with Crippen molar-refractivity contribution in [1.82, 2.24) is 4.90 Å². The number of nitro benzene ring substituents is 1. The molecular weight excluding hydrogens is 262 g/mol. The standard InChI is InChI=1S/C13H19N3O4/c1-10(2)15(8-3-9-17)13(18)14-11-4-6-12(7-5-11)16(19)20/h4-7,10,17H,3,8-9H2,1-2H3,(H,14,18). The lowest BCUT2D eigenvalue weighted by molar-refractivity contribution is -0.384. The highest BCUT2D eigenvalue weighted by atomic mass is 16.6. The lowest BCUT2D eigenvalue weighted by Gasteiger charge is -2.26. The lowest BCUT2D eigenvalue weighted by Crippen LogP contribution is -2.40. The third-order valence-electron chi connectivity index (χ3n) is 2.77. The van der Waals surface area contributed by atoms with Crippen LogP contribution in [0.1, 0.15) is 20.3 Å². The second-order valence-electron chi connectivity index (χ2n) is 4.60. The van der Waals surface area contributed by atoms with Gasteiger partial charge in [0, 0.05) is 37.0 Å². The van der Waals surface area contributed by atoms with E-state index < -0.39 is 4.92 Å². The first-order chi connectivity index (χ1) is 9.45.